The van der Waals surface area contributed by atoms with Gasteiger partial charge in [-0.05, 0) is 6.42 Å². The van der Waals surface area contributed by atoms with Gasteiger partial charge in [0.15, 0.2) is 5.13 Å². The maximum absolute atomic E-state index is 10.4. The molecule has 0 spiro atoms. The minimum atomic E-state index is -0.782. The minimum Gasteiger partial charge on any atom is -0.481 e. The lowest BCUT2D eigenvalue weighted by atomic mass is 10.1. The van der Waals surface area contributed by atoms with Crippen molar-refractivity contribution in [3.8, 4) is 0 Å². The van der Waals surface area contributed by atoms with Gasteiger partial charge in [-0.3, -0.25) is 4.79 Å². The molecule has 94 valence electrons. The third kappa shape index (κ3) is 3.98. The average Bonchev–Trinajstić information content (AvgIpc) is 2.95. The van der Waals surface area contributed by atoms with Gasteiger partial charge in [0, 0.05) is 30.9 Å². The van der Waals surface area contributed by atoms with Gasteiger partial charge in [-0.2, -0.15) is 0 Å². The van der Waals surface area contributed by atoms with Gasteiger partial charge in [0.05, 0.1) is 18.7 Å². The van der Waals surface area contributed by atoms with E-state index in [0.29, 0.717) is 12.3 Å². The van der Waals surface area contributed by atoms with E-state index >= 15 is 0 Å². The van der Waals surface area contributed by atoms with Crippen molar-refractivity contribution in [3.05, 3.63) is 11.1 Å². The molecule has 0 saturated carbocycles. The van der Waals surface area contributed by atoms with Crippen LogP contribution in [0.3, 0.4) is 0 Å². The number of nitrogens with one attached hydrogen (secondary N) is 1. The predicted octanol–water partition coefficient (Wildman–Crippen LogP) is 1.61. The van der Waals surface area contributed by atoms with Crippen LogP contribution in [0.1, 0.15) is 18.5 Å². The molecule has 2 rings (SSSR count). The van der Waals surface area contributed by atoms with Crippen molar-refractivity contribution in [1.82, 2.24) is 4.98 Å². The molecule has 1 aliphatic heterocycles. The van der Waals surface area contributed by atoms with Crippen LogP contribution in [0, 0.1) is 5.92 Å². The van der Waals surface area contributed by atoms with Gasteiger partial charge in [0.2, 0.25) is 0 Å². The monoisotopic (exact) mass is 256 g/mol. The molecule has 1 saturated heterocycles. The highest BCUT2D eigenvalue weighted by molar-refractivity contribution is 7.13. The van der Waals surface area contributed by atoms with E-state index in [9.17, 15) is 4.79 Å². The van der Waals surface area contributed by atoms with Gasteiger partial charge in [0.1, 0.15) is 0 Å². The van der Waals surface area contributed by atoms with Crippen LogP contribution in [-0.2, 0) is 16.0 Å². The van der Waals surface area contributed by atoms with Gasteiger partial charge in [-0.25, -0.2) is 4.98 Å². The third-order valence-electron chi connectivity index (χ3n) is 2.71. The summed E-state index contributed by atoms with van der Waals surface area (Å²) in [7, 11) is 0. The van der Waals surface area contributed by atoms with Crippen LogP contribution in [0.15, 0.2) is 5.38 Å². The zero-order valence-corrected chi connectivity index (χ0v) is 10.3. The SMILES string of the molecule is O=C(O)CCc1csc(NCC2CCOC2)n1. The van der Waals surface area contributed by atoms with Crippen LogP contribution < -0.4 is 5.32 Å². The van der Waals surface area contributed by atoms with Crippen LogP contribution in [0.25, 0.3) is 0 Å². The van der Waals surface area contributed by atoms with E-state index in [0.717, 1.165) is 37.0 Å². The van der Waals surface area contributed by atoms with E-state index in [4.69, 9.17) is 9.84 Å². The first-order valence-electron chi connectivity index (χ1n) is 5.72. The van der Waals surface area contributed by atoms with E-state index in [2.05, 4.69) is 10.3 Å². The fraction of sp³-hybridized carbons (Fsp3) is 0.636. The second kappa shape index (κ2) is 5.97. The van der Waals surface area contributed by atoms with E-state index in [-0.39, 0.29) is 6.42 Å². The third-order valence-corrected chi connectivity index (χ3v) is 3.56. The second-order valence-corrected chi connectivity index (χ2v) is 5.01. The molecule has 0 radical (unpaired) electrons. The van der Waals surface area contributed by atoms with E-state index in [1.807, 2.05) is 5.38 Å². The number of ether oxygens (including phenoxy) is 1. The lowest BCUT2D eigenvalue weighted by Crippen LogP contribution is -2.13. The lowest BCUT2D eigenvalue weighted by molar-refractivity contribution is -0.136. The topological polar surface area (TPSA) is 71.5 Å². The quantitative estimate of drug-likeness (QED) is 0.809. The number of hydrogen-bond acceptors (Lipinski definition) is 5. The highest BCUT2D eigenvalue weighted by Gasteiger charge is 2.15. The first kappa shape index (κ1) is 12.3. The number of thiazole rings is 1. The van der Waals surface area contributed by atoms with Crippen molar-refractivity contribution in [2.75, 3.05) is 25.1 Å². The number of hydrogen-bond donors (Lipinski definition) is 2. The van der Waals surface area contributed by atoms with Crippen molar-refractivity contribution >= 4 is 22.4 Å². The Bertz CT molecular complexity index is 375. The minimum absolute atomic E-state index is 0.139. The number of nitrogens with zero attached hydrogens (tertiary/aromatic N) is 1. The standard InChI is InChI=1S/C11H16N2O3S/c14-10(15)2-1-9-7-17-11(13-9)12-5-8-3-4-16-6-8/h7-8H,1-6H2,(H,12,13)(H,14,15). The summed E-state index contributed by atoms with van der Waals surface area (Å²) < 4.78 is 5.29. The largest absolute Gasteiger partial charge is 0.481 e. The second-order valence-electron chi connectivity index (χ2n) is 4.15. The van der Waals surface area contributed by atoms with Gasteiger partial charge >= 0.3 is 5.97 Å². The van der Waals surface area contributed by atoms with Crippen LogP contribution in [0.2, 0.25) is 0 Å². The van der Waals surface area contributed by atoms with E-state index < -0.39 is 5.97 Å². The number of aromatic nitrogens is 1. The van der Waals surface area contributed by atoms with Crippen LogP contribution >= 0.6 is 11.3 Å². The van der Waals surface area contributed by atoms with Gasteiger partial charge in [-0.15, -0.1) is 11.3 Å². The molecule has 5 nitrogen and oxygen atoms in total. The summed E-state index contributed by atoms with van der Waals surface area (Å²) in [6.45, 7) is 2.56. The molecule has 0 bridgehead atoms. The Hall–Kier alpha value is -1.14. The molecule has 1 aromatic rings. The number of carboxylic acid groups (broad SMARTS) is 1. The molecular weight excluding hydrogens is 240 g/mol. The summed E-state index contributed by atoms with van der Waals surface area (Å²) in [5.41, 5.74) is 0.850. The summed E-state index contributed by atoms with van der Waals surface area (Å²) >= 11 is 1.53. The normalized spacial score (nSPS) is 19.4. The highest BCUT2D eigenvalue weighted by Crippen LogP contribution is 2.19. The Morgan fingerprint density at radius 2 is 2.59 bits per heavy atom. The van der Waals surface area contributed by atoms with E-state index in [1.165, 1.54) is 11.3 Å². The summed E-state index contributed by atoms with van der Waals surface area (Å²) in [5, 5.41) is 14.6. The number of aryl methyl sites for hydroxylation is 1. The summed E-state index contributed by atoms with van der Waals surface area (Å²) in [4.78, 5) is 14.8. The molecule has 0 aliphatic carbocycles. The Morgan fingerprint density at radius 1 is 1.71 bits per heavy atom. The zero-order valence-electron chi connectivity index (χ0n) is 9.52. The van der Waals surface area contributed by atoms with E-state index in [1.54, 1.807) is 0 Å². The van der Waals surface area contributed by atoms with Gasteiger partial charge in [-0.1, -0.05) is 0 Å². The zero-order chi connectivity index (χ0) is 12.1. The molecule has 6 heteroatoms. The van der Waals surface area contributed by atoms with Crippen molar-refractivity contribution in [2.24, 2.45) is 5.92 Å². The number of anilines is 1. The first-order chi connectivity index (χ1) is 8.24. The van der Waals surface area contributed by atoms with Crippen molar-refractivity contribution in [1.29, 1.82) is 0 Å². The lowest BCUT2D eigenvalue weighted by Gasteiger charge is -2.07. The van der Waals surface area contributed by atoms with Crippen molar-refractivity contribution in [2.45, 2.75) is 19.3 Å². The van der Waals surface area contributed by atoms with Gasteiger partial charge < -0.3 is 15.2 Å². The molecule has 1 atom stereocenters. The number of rotatable bonds is 6. The molecule has 2 N–H and O–H groups in total. The Kier molecular flexibility index (Phi) is 4.33. The Labute approximate surface area is 104 Å². The predicted molar refractivity (Wildman–Crippen MR) is 65.5 cm³/mol. The molecule has 0 amide bonds. The maximum Gasteiger partial charge on any atom is 0.303 e. The Morgan fingerprint density at radius 3 is 3.29 bits per heavy atom. The van der Waals surface area contributed by atoms with Crippen molar-refractivity contribution in [3.63, 3.8) is 0 Å². The molecule has 2 heterocycles. The van der Waals surface area contributed by atoms with Crippen molar-refractivity contribution < 1.29 is 14.6 Å². The molecular formula is C11H16N2O3S. The molecule has 0 aromatic carbocycles. The molecule has 1 aromatic heterocycles. The van der Waals surface area contributed by atoms with Crippen LogP contribution in [0.4, 0.5) is 5.13 Å². The summed E-state index contributed by atoms with van der Waals surface area (Å²) in [6.07, 6.45) is 1.74. The number of carbonyl (C=O) groups is 1. The maximum atomic E-state index is 10.4. The molecule has 1 unspecified atom stereocenters. The smallest absolute Gasteiger partial charge is 0.303 e. The average molecular weight is 256 g/mol. The number of aliphatic carboxylic acids is 1. The molecule has 1 fully saturated rings. The fourth-order valence-corrected chi connectivity index (χ4v) is 2.47. The van der Waals surface area contributed by atoms with Gasteiger partial charge in [0.25, 0.3) is 0 Å². The summed E-state index contributed by atoms with van der Waals surface area (Å²) in [6, 6.07) is 0. The fourth-order valence-electron chi connectivity index (χ4n) is 1.71. The summed E-state index contributed by atoms with van der Waals surface area (Å²) in [5.74, 6) is -0.211. The molecule has 17 heavy (non-hydrogen) atoms. The van der Waals surface area contributed by atoms with Crippen LogP contribution in [0.5, 0.6) is 0 Å². The molecule has 1 aliphatic rings. The van der Waals surface area contributed by atoms with Crippen LogP contribution in [-0.4, -0.2) is 35.8 Å². The first-order valence-corrected chi connectivity index (χ1v) is 6.60. The highest BCUT2D eigenvalue weighted by atomic mass is 32.1. The Balaban J connectivity index is 1.75. The number of carboxylic acids is 1.